The third-order valence-electron chi connectivity index (χ3n) is 3.27. The van der Waals surface area contributed by atoms with E-state index in [1.165, 1.54) is 4.90 Å². The van der Waals surface area contributed by atoms with Gasteiger partial charge in [0.15, 0.2) is 11.6 Å². The first-order chi connectivity index (χ1) is 9.47. The van der Waals surface area contributed by atoms with E-state index < -0.39 is 17.6 Å². The zero-order valence-electron chi connectivity index (χ0n) is 10.9. The second-order valence-corrected chi connectivity index (χ2v) is 4.59. The minimum absolute atomic E-state index is 0.0108. The minimum Gasteiger partial charge on any atom is -0.465 e. The molecule has 5 nitrogen and oxygen atoms in total. The number of amides is 1. The number of halogens is 2. The molecule has 1 heterocycles. The van der Waals surface area contributed by atoms with Crippen LogP contribution in [0.15, 0.2) is 12.1 Å². The van der Waals surface area contributed by atoms with E-state index in [4.69, 9.17) is 5.73 Å². The summed E-state index contributed by atoms with van der Waals surface area (Å²) in [6.07, 6.45) is 0.218. The number of carbonyl (C=O) groups excluding carboxylic acids is 2. The Balaban J connectivity index is 2.47. The molecule has 1 atom stereocenters. The van der Waals surface area contributed by atoms with E-state index in [2.05, 4.69) is 4.74 Å². The number of methoxy groups -OCH3 is 1. The number of nitrogens with two attached hydrogens (primary N) is 1. The maximum atomic E-state index is 13.4. The molecule has 0 aromatic heterocycles. The van der Waals surface area contributed by atoms with Crippen LogP contribution in [-0.4, -0.2) is 32.1 Å². The summed E-state index contributed by atoms with van der Waals surface area (Å²) in [5.74, 6) is -3.48. The van der Waals surface area contributed by atoms with E-state index in [9.17, 15) is 18.4 Å². The first-order valence-corrected chi connectivity index (χ1v) is 6.05. The van der Waals surface area contributed by atoms with Crippen LogP contribution in [0.5, 0.6) is 0 Å². The Kier molecular flexibility index (Phi) is 3.99. The van der Waals surface area contributed by atoms with E-state index in [0.29, 0.717) is 6.54 Å². The summed E-state index contributed by atoms with van der Waals surface area (Å²) in [6, 6.07) is 1.57. The van der Waals surface area contributed by atoms with Crippen molar-refractivity contribution in [3.63, 3.8) is 0 Å². The number of rotatable bonds is 3. The van der Waals surface area contributed by atoms with Gasteiger partial charge >= 0.3 is 5.97 Å². The van der Waals surface area contributed by atoms with Crippen LogP contribution in [0.25, 0.3) is 0 Å². The number of benzene rings is 1. The number of anilines is 1. The molecule has 0 aliphatic carbocycles. The highest BCUT2D eigenvalue weighted by atomic mass is 19.2. The largest absolute Gasteiger partial charge is 0.465 e. The van der Waals surface area contributed by atoms with E-state index in [0.717, 1.165) is 19.2 Å². The molecule has 2 rings (SSSR count). The molecule has 20 heavy (non-hydrogen) atoms. The fraction of sp³-hybridized carbons (Fsp3) is 0.385. The number of esters is 1. The molecule has 7 heteroatoms. The normalized spacial score (nSPS) is 18.5. The van der Waals surface area contributed by atoms with Gasteiger partial charge in [0.2, 0.25) is 5.91 Å². The number of carbonyl (C=O) groups is 2. The van der Waals surface area contributed by atoms with Crippen molar-refractivity contribution in [2.45, 2.75) is 6.42 Å². The van der Waals surface area contributed by atoms with Crippen LogP contribution in [0.3, 0.4) is 0 Å². The first kappa shape index (κ1) is 14.4. The van der Waals surface area contributed by atoms with Crippen molar-refractivity contribution >= 4 is 17.6 Å². The summed E-state index contributed by atoms with van der Waals surface area (Å²) in [6.45, 7) is 0.573. The van der Waals surface area contributed by atoms with Crippen LogP contribution < -0.4 is 10.6 Å². The zero-order valence-corrected chi connectivity index (χ0v) is 10.9. The van der Waals surface area contributed by atoms with E-state index in [-0.39, 0.29) is 36.0 Å². The van der Waals surface area contributed by atoms with Crippen LogP contribution in [0.4, 0.5) is 14.5 Å². The van der Waals surface area contributed by atoms with E-state index >= 15 is 0 Å². The van der Waals surface area contributed by atoms with Gasteiger partial charge in [0.05, 0.1) is 18.4 Å². The van der Waals surface area contributed by atoms with Gasteiger partial charge < -0.3 is 15.4 Å². The van der Waals surface area contributed by atoms with Gasteiger partial charge in [-0.3, -0.25) is 4.79 Å². The second-order valence-electron chi connectivity index (χ2n) is 4.59. The Bertz CT molecular complexity index is 563. The van der Waals surface area contributed by atoms with Crippen LogP contribution in [0.1, 0.15) is 16.8 Å². The smallest absolute Gasteiger partial charge is 0.340 e. The van der Waals surface area contributed by atoms with Gasteiger partial charge in [0.1, 0.15) is 0 Å². The van der Waals surface area contributed by atoms with Gasteiger partial charge in [0.25, 0.3) is 0 Å². The number of nitrogens with zero attached hydrogens (tertiary/aromatic N) is 1. The quantitative estimate of drug-likeness (QED) is 0.842. The highest BCUT2D eigenvalue weighted by Crippen LogP contribution is 2.30. The molecule has 1 saturated heterocycles. The molecule has 1 aliphatic rings. The molecule has 1 fully saturated rings. The zero-order chi connectivity index (χ0) is 14.9. The number of ether oxygens (including phenoxy) is 1. The van der Waals surface area contributed by atoms with Gasteiger partial charge in [0, 0.05) is 19.0 Å². The van der Waals surface area contributed by atoms with Gasteiger partial charge in [-0.2, -0.15) is 0 Å². The predicted molar refractivity (Wildman–Crippen MR) is 67.2 cm³/mol. The lowest BCUT2D eigenvalue weighted by Gasteiger charge is -2.19. The summed E-state index contributed by atoms with van der Waals surface area (Å²) in [5.41, 5.74) is 5.34. The topological polar surface area (TPSA) is 72.6 Å². The molecular formula is C13H14F2N2O3. The van der Waals surface area contributed by atoms with E-state index in [1.54, 1.807) is 0 Å². The molecule has 1 aromatic carbocycles. The van der Waals surface area contributed by atoms with Crippen molar-refractivity contribution in [1.29, 1.82) is 0 Å². The van der Waals surface area contributed by atoms with Gasteiger partial charge in [-0.25, -0.2) is 13.6 Å². The Morgan fingerprint density at radius 1 is 1.45 bits per heavy atom. The average molecular weight is 284 g/mol. The Morgan fingerprint density at radius 3 is 2.65 bits per heavy atom. The molecular weight excluding hydrogens is 270 g/mol. The maximum Gasteiger partial charge on any atom is 0.340 e. The molecule has 1 aromatic rings. The SMILES string of the molecule is COC(=O)c1cc(F)c(F)cc1N1CC(CN)CC1=O. The molecule has 1 unspecified atom stereocenters. The molecule has 0 radical (unpaired) electrons. The van der Waals surface area contributed by atoms with Crippen LogP contribution in [0.2, 0.25) is 0 Å². The molecule has 108 valence electrons. The van der Waals surface area contributed by atoms with E-state index in [1.807, 2.05) is 0 Å². The fourth-order valence-corrected chi connectivity index (χ4v) is 2.21. The average Bonchev–Trinajstić information content (AvgIpc) is 2.81. The second kappa shape index (κ2) is 5.54. The van der Waals surface area contributed by atoms with Gasteiger partial charge in [-0.05, 0) is 18.5 Å². The maximum absolute atomic E-state index is 13.4. The van der Waals surface area contributed by atoms with Crippen LogP contribution >= 0.6 is 0 Å². The summed E-state index contributed by atoms with van der Waals surface area (Å²) in [7, 11) is 1.13. The summed E-state index contributed by atoms with van der Waals surface area (Å²) >= 11 is 0. The lowest BCUT2D eigenvalue weighted by Crippen LogP contribution is -2.28. The monoisotopic (exact) mass is 284 g/mol. The summed E-state index contributed by atoms with van der Waals surface area (Å²) < 4.78 is 31.2. The highest BCUT2D eigenvalue weighted by Gasteiger charge is 2.33. The van der Waals surface area contributed by atoms with Crippen molar-refractivity contribution in [2.75, 3.05) is 25.1 Å². The molecule has 1 amide bonds. The van der Waals surface area contributed by atoms with Crippen molar-refractivity contribution in [3.8, 4) is 0 Å². The van der Waals surface area contributed by atoms with Crippen molar-refractivity contribution in [3.05, 3.63) is 29.3 Å². The number of hydrogen-bond acceptors (Lipinski definition) is 4. The van der Waals surface area contributed by atoms with Gasteiger partial charge in [-0.15, -0.1) is 0 Å². The van der Waals surface area contributed by atoms with Crippen molar-refractivity contribution in [1.82, 2.24) is 0 Å². The lowest BCUT2D eigenvalue weighted by atomic mass is 10.1. The van der Waals surface area contributed by atoms with Crippen LogP contribution in [-0.2, 0) is 9.53 Å². The Hall–Kier alpha value is -2.02. The standard InChI is InChI=1S/C13H14F2N2O3/c1-20-13(19)8-3-9(14)10(15)4-11(8)17-6-7(5-16)2-12(17)18/h3-4,7H,2,5-6,16H2,1H3. The lowest BCUT2D eigenvalue weighted by molar-refractivity contribution is -0.117. The minimum atomic E-state index is -1.17. The Morgan fingerprint density at radius 2 is 2.10 bits per heavy atom. The van der Waals surface area contributed by atoms with Crippen LogP contribution in [0, 0.1) is 17.6 Å². The third-order valence-corrected chi connectivity index (χ3v) is 3.27. The summed E-state index contributed by atoms with van der Waals surface area (Å²) in [5, 5.41) is 0. The van der Waals surface area contributed by atoms with Gasteiger partial charge in [-0.1, -0.05) is 0 Å². The Labute approximate surface area is 114 Å². The fourth-order valence-electron chi connectivity index (χ4n) is 2.21. The molecule has 0 spiro atoms. The molecule has 2 N–H and O–H groups in total. The molecule has 0 bridgehead atoms. The predicted octanol–water partition coefficient (Wildman–Crippen LogP) is 1.06. The first-order valence-electron chi connectivity index (χ1n) is 6.05. The summed E-state index contributed by atoms with van der Waals surface area (Å²) in [4.78, 5) is 24.8. The van der Waals surface area contributed by atoms with Crippen molar-refractivity contribution < 1.29 is 23.1 Å². The highest BCUT2D eigenvalue weighted by molar-refractivity contribution is 6.03. The van der Waals surface area contributed by atoms with Crippen molar-refractivity contribution in [2.24, 2.45) is 11.7 Å². The molecule has 0 saturated carbocycles. The number of hydrogen-bond donors (Lipinski definition) is 1. The molecule has 1 aliphatic heterocycles. The third kappa shape index (κ3) is 2.49.